The van der Waals surface area contributed by atoms with Crippen LogP contribution >= 0.6 is 0 Å². The summed E-state index contributed by atoms with van der Waals surface area (Å²) >= 11 is 0. The number of para-hydroxylation sites is 1. The Morgan fingerprint density at radius 3 is 2.12 bits per heavy atom. The molecule has 0 atom stereocenters. The summed E-state index contributed by atoms with van der Waals surface area (Å²) in [6, 6.07) is 16.1. The minimum Gasteiger partial charge on any atom is -0.507 e. The summed E-state index contributed by atoms with van der Waals surface area (Å²) < 4.78 is 0. The maximum absolute atomic E-state index is 13.3. The van der Waals surface area contributed by atoms with Gasteiger partial charge in [0.25, 0.3) is 5.91 Å². The zero-order valence-corrected chi connectivity index (χ0v) is 18.3. The molecule has 2 aromatic carbocycles. The Morgan fingerprint density at radius 2 is 1.48 bits per heavy atom. The molecule has 4 rings (SSSR count). The first-order valence-electron chi connectivity index (χ1n) is 10.6. The number of nitrogens with one attached hydrogen (secondary N) is 3. The van der Waals surface area contributed by atoms with E-state index in [9.17, 15) is 9.90 Å². The number of nitrogens with zero attached hydrogens (tertiary/aromatic N) is 5. The van der Waals surface area contributed by atoms with E-state index in [2.05, 4.69) is 36.0 Å². The van der Waals surface area contributed by atoms with Crippen molar-refractivity contribution in [2.75, 3.05) is 29.1 Å². The zero-order chi connectivity index (χ0) is 23.2. The molecule has 33 heavy (non-hydrogen) atoms. The van der Waals surface area contributed by atoms with Crippen LogP contribution in [0.25, 0.3) is 6.08 Å². The number of rotatable bonds is 8. The lowest BCUT2D eigenvalue weighted by atomic mass is 10.1. The number of phenols is 1. The van der Waals surface area contributed by atoms with Gasteiger partial charge in [-0.1, -0.05) is 48.5 Å². The highest BCUT2D eigenvalue weighted by atomic mass is 16.3. The third-order valence-corrected chi connectivity index (χ3v) is 4.64. The molecule has 0 saturated heterocycles. The highest BCUT2D eigenvalue weighted by molar-refractivity contribution is 6.20. The minimum absolute atomic E-state index is 0.0590. The molecule has 1 aliphatic heterocycles. The van der Waals surface area contributed by atoms with Gasteiger partial charge in [0, 0.05) is 24.2 Å². The molecule has 1 aromatic heterocycles. The van der Waals surface area contributed by atoms with Crippen molar-refractivity contribution in [3.8, 4) is 5.75 Å². The van der Waals surface area contributed by atoms with Crippen LogP contribution in [0.5, 0.6) is 5.75 Å². The summed E-state index contributed by atoms with van der Waals surface area (Å²) in [6.45, 7) is 5.12. The van der Waals surface area contributed by atoms with Gasteiger partial charge >= 0.3 is 0 Å². The van der Waals surface area contributed by atoms with Gasteiger partial charge in [0.2, 0.25) is 17.8 Å². The number of carbonyl (C=O) groups excluding carboxylic acids is 1. The van der Waals surface area contributed by atoms with Crippen molar-refractivity contribution in [2.24, 2.45) is 4.99 Å². The maximum atomic E-state index is 13.3. The molecule has 0 saturated carbocycles. The Bertz CT molecular complexity index is 1190. The van der Waals surface area contributed by atoms with Crippen LogP contribution in [0, 0.1) is 0 Å². The molecule has 1 amide bonds. The molecule has 0 unspecified atom stereocenters. The van der Waals surface area contributed by atoms with Gasteiger partial charge in [0.1, 0.15) is 11.4 Å². The van der Waals surface area contributed by atoms with Gasteiger partial charge in [-0.2, -0.15) is 20.0 Å². The second-order valence-corrected chi connectivity index (χ2v) is 7.01. The maximum Gasteiger partial charge on any atom is 0.297 e. The number of carbonyl (C=O) groups is 1. The molecule has 10 nitrogen and oxygen atoms in total. The normalized spacial score (nSPS) is 14.4. The molecule has 0 aliphatic carbocycles. The van der Waals surface area contributed by atoms with E-state index in [0.29, 0.717) is 36.4 Å². The molecule has 0 fully saturated rings. The standard InChI is InChI=1S/C23H24N8O2/c1-3-24-21-27-22(25-4-2)29-23(28-21)30-31-19(15-10-6-5-7-11-15)26-17(20(31)33)14-16-12-8-9-13-18(16)32/h5-14,32H,3-4H2,1-2H3,(H3,24,25,27,28,29,30)/b17-14-. The van der Waals surface area contributed by atoms with Gasteiger partial charge in [0.05, 0.1) is 0 Å². The molecule has 0 bridgehead atoms. The van der Waals surface area contributed by atoms with Crippen LogP contribution in [-0.2, 0) is 4.79 Å². The van der Waals surface area contributed by atoms with Crippen molar-refractivity contribution < 1.29 is 9.90 Å². The lowest BCUT2D eigenvalue weighted by Gasteiger charge is -2.19. The summed E-state index contributed by atoms with van der Waals surface area (Å²) in [5.74, 6) is 0.966. The topological polar surface area (TPSA) is 128 Å². The van der Waals surface area contributed by atoms with E-state index in [-0.39, 0.29) is 17.4 Å². The van der Waals surface area contributed by atoms with Gasteiger partial charge in [0.15, 0.2) is 5.84 Å². The number of anilines is 3. The van der Waals surface area contributed by atoms with Gasteiger partial charge < -0.3 is 15.7 Å². The number of hydrogen-bond donors (Lipinski definition) is 4. The summed E-state index contributed by atoms with van der Waals surface area (Å²) in [5, 5.41) is 17.5. The van der Waals surface area contributed by atoms with Gasteiger partial charge in [-0.3, -0.25) is 10.2 Å². The quantitative estimate of drug-likeness (QED) is 0.390. The number of hydrogen-bond acceptors (Lipinski definition) is 9. The minimum atomic E-state index is -0.410. The predicted molar refractivity (Wildman–Crippen MR) is 128 cm³/mol. The number of phenolic OH excluding ortho intramolecular Hbond substituents is 1. The monoisotopic (exact) mass is 444 g/mol. The van der Waals surface area contributed by atoms with Crippen LogP contribution in [0.15, 0.2) is 65.3 Å². The first kappa shape index (κ1) is 21.8. The molecule has 4 N–H and O–H groups in total. The smallest absolute Gasteiger partial charge is 0.297 e. The molecule has 3 aromatic rings. The molecule has 10 heteroatoms. The van der Waals surface area contributed by atoms with E-state index in [1.807, 2.05) is 44.2 Å². The lowest BCUT2D eigenvalue weighted by Crippen LogP contribution is -2.38. The van der Waals surface area contributed by atoms with E-state index >= 15 is 0 Å². The van der Waals surface area contributed by atoms with Gasteiger partial charge in [-0.05, 0) is 26.0 Å². The summed E-state index contributed by atoms with van der Waals surface area (Å²) in [4.78, 5) is 30.9. The predicted octanol–water partition coefficient (Wildman–Crippen LogP) is 3.10. The van der Waals surface area contributed by atoms with Crippen molar-refractivity contribution in [1.29, 1.82) is 0 Å². The fraction of sp³-hybridized carbons (Fsp3) is 0.174. The average molecular weight is 444 g/mol. The van der Waals surface area contributed by atoms with E-state index < -0.39 is 5.91 Å². The van der Waals surface area contributed by atoms with Crippen molar-refractivity contribution in [2.45, 2.75) is 13.8 Å². The second-order valence-electron chi connectivity index (χ2n) is 7.01. The van der Waals surface area contributed by atoms with Gasteiger partial charge in [-0.25, -0.2) is 4.99 Å². The van der Waals surface area contributed by atoms with Crippen LogP contribution in [-0.4, -0.2) is 49.9 Å². The van der Waals surface area contributed by atoms with Crippen LogP contribution < -0.4 is 16.1 Å². The molecule has 168 valence electrons. The SMILES string of the molecule is CCNc1nc(NCC)nc(NN2C(=O)/C(=C/c3ccccc3O)N=C2c2ccccc2)n1. The number of benzene rings is 2. The number of aromatic hydroxyl groups is 1. The van der Waals surface area contributed by atoms with E-state index in [4.69, 9.17) is 0 Å². The number of amidine groups is 1. The third-order valence-electron chi connectivity index (χ3n) is 4.64. The Kier molecular flexibility index (Phi) is 6.44. The highest BCUT2D eigenvalue weighted by Crippen LogP contribution is 2.25. The first-order chi connectivity index (χ1) is 16.1. The van der Waals surface area contributed by atoms with Crippen molar-refractivity contribution in [3.05, 3.63) is 71.4 Å². The highest BCUT2D eigenvalue weighted by Gasteiger charge is 2.32. The van der Waals surface area contributed by atoms with Crippen molar-refractivity contribution >= 4 is 35.7 Å². The Balaban J connectivity index is 1.73. The molecular formula is C23H24N8O2. The average Bonchev–Trinajstić information content (AvgIpc) is 3.11. The molecule has 0 radical (unpaired) electrons. The van der Waals surface area contributed by atoms with Crippen LogP contribution in [0.3, 0.4) is 0 Å². The van der Waals surface area contributed by atoms with Crippen LogP contribution in [0.2, 0.25) is 0 Å². The number of hydrazine groups is 1. The van der Waals surface area contributed by atoms with E-state index in [1.54, 1.807) is 30.3 Å². The Labute approximate surface area is 191 Å². The lowest BCUT2D eigenvalue weighted by molar-refractivity contribution is -0.121. The van der Waals surface area contributed by atoms with Crippen LogP contribution in [0.1, 0.15) is 25.0 Å². The molecular weight excluding hydrogens is 420 g/mol. The van der Waals surface area contributed by atoms with Crippen molar-refractivity contribution in [1.82, 2.24) is 20.0 Å². The zero-order valence-electron chi connectivity index (χ0n) is 18.3. The molecule has 2 heterocycles. The Hall–Kier alpha value is -4.47. The summed E-state index contributed by atoms with van der Waals surface area (Å²) in [5.41, 5.74) is 4.35. The fourth-order valence-corrected chi connectivity index (χ4v) is 3.16. The van der Waals surface area contributed by atoms with E-state index in [0.717, 1.165) is 5.56 Å². The van der Waals surface area contributed by atoms with E-state index in [1.165, 1.54) is 5.01 Å². The van der Waals surface area contributed by atoms with Gasteiger partial charge in [-0.15, -0.1) is 0 Å². The van der Waals surface area contributed by atoms with Crippen molar-refractivity contribution in [3.63, 3.8) is 0 Å². The number of aromatic nitrogens is 3. The number of amides is 1. The van der Waals surface area contributed by atoms with Crippen LogP contribution in [0.4, 0.5) is 17.8 Å². The number of aliphatic imine (C=N–C) groups is 1. The Morgan fingerprint density at radius 1 is 0.879 bits per heavy atom. The fourth-order valence-electron chi connectivity index (χ4n) is 3.16. The molecule has 1 aliphatic rings. The summed E-state index contributed by atoms with van der Waals surface area (Å²) in [7, 11) is 0. The third kappa shape index (κ3) is 4.90. The second kappa shape index (κ2) is 9.77. The molecule has 0 spiro atoms. The first-order valence-corrected chi connectivity index (χ1v) is 10.6. The largest absolute Gasteiger partial charge is 0.507 e. The summed E-state index contributed by atoms with van der Waals surface area (Å²) in [6.07, 6.45) is 1.55.